The van der Waals surface area contributed by atoms with Crippen molar-refractivity contribution in [1.29, 1.82) is 0 Å². The fourth-order valence-corrected chi connectivity index (χ4v) is 2.97. The Hall–Kier alpha value is -2.15. The van der Waals surface area contributed by atoms with Crippen molar-refractivity contribution < 1.29 is 9.42 Å². The largest absolute Gasteiger partial charge is 0.378 e. The number of ketones is 1. The van der Waals surface area contributed by atoms with E-state index in [0.717, 1.165) is 12.1 Å². The van der Waals surface area contributed by atoms with Crippen molar-refractivity contribution in [2.45, 2.75) is 18.8 Å². The molecule has 7 heteroatoms. The van der Waals surface area contributed by atoms with Crippen molar-refractivity contribution in [3.8, 4) is 0 Å². The second-order valence-electron chi connectivity index (χ2n) is 4.38. The zero-order valence-electron chi connectivity index (χ0n) is 10.00. The first-order valence-corrected chi connectivity index (χ1v) is 6.72. The average Bonchev–Trinajstić information content (AvgIpc) is 3.01. The highest BCUT2D eigenvalue weighted by Gasteiger charge is 2.24. The molecule has 98 valence electrons. The number of anilines is 2. The van der Waals surface area contributed by atoms with E-state index < -0.39 is 0 Å². The van der Waals surface area contributed by atoms with Gasteiger partial charge in [0, 0.05) is 29.0 Å². The lowest BCUT2D eigenvalue weighted by molar-refractivity contribution is -0.115. The standard InChI is InChI=1S/C12H12N4O2S/c13-11-12(16-18-15-11)14-8-4-7(5-9(17)6-8)10-2-1-3-19-10/h1-3,6-7H,4-5H2,(H2,13,15)(H,14,16). The van der Waals surface area contributed by atoms with Crippen LogP contribution in [0.1, 0.15) is 23.6 Å². The molecule has 2 heterocycles. The maximum Gasteiger partial charge on any atom is 0.219 e. The molecule has 6 nitrogen and oxygen atoms in total. The molecule has 1 aliphatic carbocycles. The number of thiophene rings is 1. The van der Waals surface area contributed by atoms with Crippen molar-refractivity contribution in [2.75, 3.05) is 11.1 Å². The molecule has 0 fully saturated rings. The van der Waals surface area contributed by atoms with Crippen molar-refractivity contribution in [1.82, 2.24) is 10.3 Å². The van der Waals surface area contributed by atoms with E-state index in [9.17, 15) is 4.79 Å². The van der Waals surface area contributed by atoms with Gasteiger partial charge < -0.3 is 11.1 Å². The van der Waals surface area contributed by atoms with E-state index >= 15 is 0 Å². The number of hydrogen-bond donors (Lipinski definition) is 2. The molecule has 0 aromatic carbocycles. The normalized spacial score (nSPS) is 19.3. The van der Waals surface area contributed by atoms with Crippen LogP contribution in [0.3, 0.4) is 0 Å². The Morgan fingerprint density at radius 2 is 2.32 bits per heavy atom. The summed E-state index contributed by atoms with van der Waals surface area (Å²) in [4.78, 5) is 13.0. The van der Waals surface area contributed by atoms with Crippen LogP contribution in [0.15, 0.2) is 33.9 Å². The van der Waals surface area contributed by atoms with Gasteiger partial charge in [-0.15, -0.1) is 11.3 Å². The Labute approximate surface area is 113 Å². The molecular formula is C12H12N4O2S. The smallest absolute Gasteiger partial charge is 0.219 e. The van der Waals surface area contributed by atoms with Crippen LogP contribution < -0.4 is 11.1 Å². The Kier molecular flexibility index (Phi) is 3.04. The Morgan fingerprint density at radius 1 is 1.42 bits per heavy atom. The van der Waals surface area contributed by atoms with E-state index in [1.54, 1.807) is 17.4 Å². The van der Waals surface area contributed by atoms with Gasteiger partial charge in [-0.05, 0) is 28.2 Å². The lowest BCUT2D eigenvalue weighted by atomic mass is 9.90. The number of aromatic nitrogens is 2. The van der Waals surface area contributed by atoms with Crippen molar-refractivity contribution in [3.05, 3.63) is 34.2 Å². The van der Waals surface area contributed by atoms with E-state index in [0.29, 0.717) is 12.2 Å². The number of hydrogen-bond acceptors (Lipinski definition) is 7. The van der Waals surface area contributed by atoms with Gasteiger partial charge in [0.2, 0.25) is 11.6 Å². The number of allylic oxidation sites excluding steroid dienone is 2. The van der Waals surface area contributed by atoms with Gasteiger partial charge in [-0.3, -0.25) is 4.79 Å². The maximum absolute atomic E-state index is 11.8. The average molecular weight is 276 g/mol. The highest BCUT2D eigenvalue weighted by molar-refractivity contribution is 7.10. The van der Waals surface area contributed by atoms with Gasteiger partial charge >= 0.3 is 0 Å². The zero-order valence-corrected chi connectivity index (χ0v) is 10.8. The number of carbonyl (C=O) groups excluding carboxylic acids is 1. The van der Waals surface area contributed by atoms with Gasteiger partial charge in [0.05, 0.1) is 0 Å². The number of nitrogen functional groups attached to an aromatic ring is 1. The van der Waals surface area contributed by atoms with Crippen LogP contribution in [0.25, 0.3) is 0 Å². The SMILES string of the molecule is Nc1nonc1NC1=CC(=O)CC(c2cccs2)C1. The summed E-state index contributed by atoms with van der Waals surface area (Å²) in [5.41, 5.74) is 6.37. The summed E-state index contributed by atoms with van der Waals surface area (Å²) in [5, 5.41) is 12.2. The summed E-state index contributed by atoms with van der Waals surface area (Å²) >= 11 is 1.67. The molecule has 0 saturated carbocycles. The van der Waals surface area contributed by atoms with Gasteiger partial charge in [-0.1, -0.05) is 6.07 Å². The van der Waals surface area contributed by atoms with E-state index in [4.69, 9.17) is 5.73 Å². The molecule has 3 N–H and O–H groups in total. The minimum atomic E-state index is 0.0992. The molecule has 0 amide bonds. The highest BCUT2D eigenvalue weighted by Crippen LogP contribution is 2.34. The fraction of sp³-hybridized carbons (Fsp3) is 0.250. The predicted octanol–water partition coefficient (Wildman–Crippen LogP) is 2.16. The molecule has 2 aromatic rings. The third-order valence-electron chi connectivity index (χ3n) is 2.99. The summed E-state index contributed by atoms with van der Waals surface area (Å²) < 4.78 is 4.52. The summed E-state index contributed by atoms with van der Waals surface area (Å²) in [6.07, 6.45) is 2.88. The molecule has 0 aliphatic heterocycles. The molecular weight excluding hydrogens is 264 g/mol. The van der Waals surface area contributed by atoms with Crippen molar-refractivity contribution in [2.24, 2.45) is 0 Å². The number of rotatable bonds is 3. The fourth-order valence-electron chi connectivity index (χ4n) is 2.14. The van der Waals surface area contributed by atoms with Gasteiger partial charge in [0.25, 0.3) is 0 Å². The van der Waals surface area contributed by atoms with Crippen LogP contribution in [0.4, 0.5) is 11.6 Å². The first kappa shape index (κ1) is 11.9. The van der Waals surface area contributed by atoms with E-state index in [-0.39, 0.29) is 17.5 Å². The molecule has 0 saturated heterocycles. The summed E-state index contributed by atoms with van der Waals surface area (Å²) in [6.45, 7) is 0. The molecule has 1 aliphatic rings. The number of nitrogens with two attached hydrogens (primary N) is 1. The minimum absolute atomic E-state index is 0.0992. The van der Waals surface area contributed by atoms with E-state index in [2.05, 4.69) is 26.3 Å². The van der Waals surface area contributed by atoms with Crippen LogP contribution in [-0.4, -0.2) is 16.1 Å². The minimum Gasteiger partial charge on any atom is -0.378 e. The van der Waals surface area contributed by atoms with Gasteiger partial charge in [0.15, 0.2) is 5.78 Å². The number of carbonyl (C=O) groups is 1. The maximum atomic E-state index is 11.8. The molecule has 2 aromatic heterocycles. The molecule has 19 heavy (non-hydrogen) atoms. The number of nitrogens with one attached hydrogen (secondary N) is 1. The van der Waals surface area contributed by atoms with E-state index in [1.165, 1.54) is 4.88 Å². The van der Waals surface area contributed by atoms with Gasteiger partial charge in [-0.2, -0.15) is 0 Å². The molecule has 0 spiro atoms. The summed E-state index contributed by atoms with van der Waals surface area (Å²) in [6, 6.07) is 4.05. The van der Waals surface area contributed by atoms with Crippen LogP contribution in [0.5, 0.6) is 0 Å². The van der Waals surface area contributed by atoms with Gasteiger partial charge in [-0.25, -0.2) is 4.63 Å². The number of nitrogens with zero attached hydrogens (tertiary/aromatic N) is 2. The Bertz CT molecular complexity index is 617. The lowest BCUT2D eigenvalue weighted by Gasteiger charge is -2.21. The van der Waals surface area contributed by atoms with Crippen LogP contribution in [0.2, 0.25) is 0 Å². The van der Waals surface area contributed by atoms with E-state index in [1.807, 2.05) is 11.4 Å². The molecule has 0 bridgehead atoms. The van der Waals surface area contributed by atoms with Crippen LogP contribution in [0, 0.1) is 0 Å². The second-order valence-corrected chi connectivity index (χ2v) is 5.36. The van der Waals surface area contributed by atoms with Gasteiger partial charge in [0.1, 0.15) is 0 Å². The van der Waals surface area contributed by atoms with Crippen molar-refractivity contribution >= 4 is 28.8 Å². The first-order valence-electron chi connectivity index (χ1n) is 5.84. The summed E-state index contributed by atoms with van der Waals surface area (Å²) in [7, 11) is 0. The monoisotopic (exact) mass is 276 g/mol. The molecule has 1 atom stereocenters. The Morgan fingerprint density at radius 3 is 3.00 bits per heavy atom. The van der Waals surface area contributed by atoms with Crippen LogP contribution in [-0.2, 0) is 4.79 Å². The molecule has 3 rings (SSSR count). The predicted molar refractivity (Wildman–Crippen MR) is 71.7 cm³/mol. The lowest BCUT2D eigenvalue weighted by Crippen LogP contribution is -2.16. The third kappa shape index (κ3) is 2.50. The Balaban J connectivity index is 1.78. The highest BCUT2D eigenvalue weighted by atomic mass is 32.1. The molecule has 0 radical (unpaired) electrons. The third-order valence-corrected chi connectivity index (χ3v) is 4.02. The quantitative estimate of drug-likeness (QED) is 0.892. The zero-order chi connectivity index (χ0) is 13.2. The first-order chi connectivity index (χ1) is 9.22. The molecule has 1 unspecified atom stereocenters. The topological polar surface area (TPSA) is 94.0 Å². The van der Waals surface area contributed by atoms with Crippen LogP contribution >= 0.6 is 11.3 Å². The summed E-state index contributed by atoms with van der Waals surface area (Å²) in [5.74, 6) is 0.848. The second kappa shape index (κ2) is 4.85. The van der Waals surface area contributed by atoms with Crippen molar-refractivity contribution in [3.63, 3.8) is 0 Å².